The summed E-state index contributed by atoms with van der Waals surface area (Å²) in [7, 11) is -0.178. The van der Waals surface area contributed by atoms with Crippen molar-refractivity contribution >= 4 is 43.4 Å². The Hall–Kier alpha value is -0.790. The Balaban J connectivity index is 0.00000324. The summed E-state index contributed by atoms with van der Waals surface area (Å²) in [5.74, 6) is 1.55. The molecule has 2 atom stereocenters. The Morgan fingerprint density at radius 1 is 0.556 bits per heavy atom. The maximum absolute atomic E-state index is 6.10. The molecule has 36 heavy (non-hydrogen) atoms. The van der Waals surface area contributed by atoms with Gasteiger partial charge in [0.05, 0.1) is 26.4 Å². The average Bonchev–Trinajstić information content (AvgIpc) is 2.76. The first-order valence-electron chi connectivity index (χ1n) is 12.6. The van der Waals surface area contributed by atoms with Gasteiger partial charge in [0.2, 0.25) is 0 Å². The Labute approximate surface area is 226 Å². The summed E-state index contributed by atoms with van der Waals surface area (Å²) in [5, 5.41) is 3.00. The van der Waals surface area contributed by atoms with Gasteiger partial charge in [-0.2, -0.15) is 0 Å². The first-order chi connectivity index (χ1) is 16.1. The number of rotatable bonds is 0. The molecule has 8 heteroatoms. The van der Waals surface area contributed by atoms with Crippen LogP contribution in [0.25, 0.3) is 10.8 Å². The lowest BCUT2D eigenvalue weighted by atomic mass is 10.1. The van der Waals surface area contributed by atoms with Crippen LogP contribution < -0.4 is 9.47 Å². The van der Waals surface area contributed by atoms with Gasteiger partial charge in [-0.15, -0.1) is 0 Å². The first-order valence-corrected chi connectivity index (χ1v) is 16.0. The Morgan fingerprint density at radius 2 is 0.944 bits per heavy atom. The lowest BCUT2D eigenvalue weighted by Crippen LogP contribution is -2.23. The summed E-state index contributed by atoms with van der Waals surface area (Å²) in [6.45, 7) is 18.3. The van der Waals surface area contributed by atoms with Crippen molar-refractivity contribution in [2.75, 3.05) is 64.3 Å². The molecule has 3 rings (SSSR count). The topological polar surface area (TPSA) is 36.9 Å². The zero-order chi connectivity index (χ0) is 24.6. The molecule has 0 unspecified atom stereocenters. The Kier molecular flexibility index (Phi) is 14.4. The maximum Gasteiger partial charge on any atom is 0.161 e. The van der Waals surface area contributed by atoms with E-state index in [0.717, 1.165) is 47.8 Å². The van der Waals surface area contributed by atoms with Crippen molar-refractivity contribution in [1.29, 1.82) is 0 Å². The molecule has 1 heterocycles. The van der Waals surface area contributed by atoms with Crippen LogP contribution in [-0.2, 0) is 9.47 Å². The van der Waals surface area contributed by atoms with Crippen molar-refractivity contribution in [1.82, 2.24) is 0 Å². The molecule has 0 N–H and O–H groups in total. The largest absolute Gasteiger partial charge is 0.487 e. The highest BCUT2D eigenvalue weighted by atomic mass is 31.1. The van der Waals surface area contributed by atoms with Crippen LogP contribution in [0.3, 0.4) is 0 Å². The summed E-state index contributed by atoms with van der Waals surface area (Å²) in [6, 6.07) is 12.4. The van der Waals surface area contributed by atoms with Crippen molar-refractivity contribution in [3.63, 3.8) is 0 Å². The van der Waals surface area contributed by atoms with E-state index < -0.39 is 0 Å². The summed E-state index contributed by atoms with van der Waals surface area (Å²) in [4.78, 5) is 0. The minimum Gasteiger partial charge on any atom is -0.487 e. The second kappa shape index (κ2) is 15.6. The van der Waals surface area contributed by atoms with Gasteiger partial charge in [-0.25, -0.2) is 0 Å². The van der Waals surface area contributed by atoms with Crippen molar-refractivity contribution in [3.05, 3.63) is 36.4 Å². The van der Waals surface area contributed by atoms with Gasteiger partial charge in [0.15, 0.2) is 11.5 Å². The van der Waals surface area contributed by atoms with Crippen molar-refractivity contribution in [3.8, 4) is 11.5 Å². The number of benzene rings is 2. The molecular weight excluding hydrogens is 484 g/mol. The van der Waals surface area contributed by atoms with Gasteiger partial charge >= 0.3 is 0 Å². The summed E-state index contributed by atoms with van der Waals surface area (Å²) in [6.07, 6.45) is 4.97. The summed E-state index contributed by atoms with van der Waals surface area (Å²) >= 11 is 0. The predicted octanol–water partition coefficient (Wildman–Crippen LogP) is 6.44. The smallest absolute Gasteiger partial charge is 0.161 e. The van der Waals surface area contributed by atoms with E-state index >= 15 is 0 Å². The summed E-state index contributed by atoms with van der Waals surface area (Å²) in [5.41, 5.74) is 0. The monoisotopic (exact) mass is 528 g/mol. The fourth-order valence-electron chi connectivity index (χ4n) is 4.21. The number of fused-ring (bicyclic) bond motifs is 2. The average molecular weight is 528 g/mol. The molecule has 2 aromatic carbocycles. The van der Waals surface area contributed by atoms with E-state index in [0.29, 0.717) is 36.7 Å². The molecule has 0 aliphatic carbocycles. The van der Waals surface area contributed by atoms with E-state index in [4.69, 9.17) is 18.9 Å². The molecule has 0 spiro atoms. The molecule has 196 valence electrons. The van der Waals surface area contributed by atoms with Crippen LogP contribution >= 0.6 is 15.8 Å². The van der Waals surface area contributed by atoms with E-state index in [-0.39, 0.29) is 32.7 Å². The van der Waals surface area contributed by atoms with Crippen molar-refractivity contribution < 1.29 is 18.9 Å². The quantitative estimate of drug-likeness (QED) is 0.291. The van der Waals surface area contributed by atoms with Crippen LogP contribution in [0.1, 0.15) is 41.5 Å². The minimum atomic E-state index is -0.0890. The van der Waals surface area contributed by atoms with Gasteiger partial charge in [0, 0.05) is 16.8 Å². The number of hydrogen-bond donors (Lipinski definition) is 0. The third-order valence-electron chi connectivity index (χ3n) is 6.33. The van der Waals surface area contributed by atoms with Gasteiger partial charge < -0.3 is 18.9 Å². The van der Waals surface area contributed by atoms with E-state index in [1.807, 2.05) is 12.1 Å². The highest BCUT2D eigenvalue weighted by molar-refractivity contribution is 7.63. The van der Waals surface area contributed by atoms with E-state index in [1.54, 1.807) is 0 Å². The molecule has 2 aromatic rings. The standard InChI is InChI=1S/C28H44O4P2.2B/c1-27(2,3)33-17-15-29-11-13-31-25-21-23-9-7-8-10-24(23)22-26(25)32-14-12-30-16-18-34(20-19-33)28(4,5)6;;/h7-10,21-22H,11-20H2,1-6H3;;/t33-,34+;;. The highest BCUT2D eigenvalue weighted by Crippen LogP contribution is 2.55. The fraction of sp³-hybridized carbons (Fsp3) is 0.643. The van der Waals surface area contributed by atoms with Crippen molar-refractivity contribution in [2.45, 2.75) is 51.9 Å². The SMILES string of the molecule is CC(C)(C)[P@]1CCOCCOc2cc3ccccc3cc2OCCOCC[P@](C(C)(C)C)CC1.[B].[B]. The van der Waals surface area contributed by atoms with E-state index in [9.17, 15) is 0 Å². The maximum atomic E-state index is 6.10. The number of ether oxygens (including phenoxy) is 4. The lowest BCUT2D eigenvalue weighted by molar-refractivity contribution is 0.101. The molecule has 0 amide bonds. The van der Waals surface area contributed by atoms with Crippen LogP contribution in [0.5, 0.6) is 11.5 Å². The minimum absolute atomic E-state index is 0. The van der Waals surface area contributed by atoms with Gasteiger partial charge in [-0.3, -0.25) is 0 Å². The molecular formula is C28H44B2O4P2. The highest BCUT2D eigenvalue weighted by Gasteiger charge is 2.28. The lowest BCUT2D eigenvalue weighted by Gasteiger charge is -2.36. The Morgan fingerprint density at radius 3 is 1.31 bits per heavy atom. The van der Waals surface area contributed by atoms with E-state index in [1.165, 1.54) is 12.3 Å². The molecule has 0 saturated carbocycles. The zero-order valence-electron chi connectivity index (χ0n) is 23.2. The van der Waals surface area contributed by atoms with Crippen LogP contribution in [0.15, 0.2) is 36.4 Å². The second-order valence-corrected chi connectivity index (χ2v) is 17.5. The Bertz CT molecular complexity index is 827. The molecule has 4 nitrogen and oxygen atoms in total. The van der Waals surface area contributed by atoms with Gasteiger partial charge in [-0.05, 0) is 57.9 Å². The van der Waals surface area contributed by atoms with Gasteiger partial charge in [-0.1, -0.05) is 81.7 Å². The third-order valence-corrected chi connectivity index (χ3v) is 13.5. The molecule has 6 radical (unpaired) electrons. The van der Waals surface area contributed by atoms with Crippen LogP contribution in [0, 0.1) is 0 Å². The zero-order valence-corrected chi connectivity index (χ0v) is 25.0. The van der Waals surface area contributed by atoms with Gasteiger partial charge in [0.1, 0.15) is 13.2 Å². The molecule has 1 aliphatic heterocycles. The number of hydrogen-bond acceptors (Lipinski definition) is 4. The molecule has 0 bridgehead atoms. The van der Waals surface area contributed by atoms with Crippen molar-refractivity contribution in [2.24, 2.45) is 0 Å². The fourth-order valence-corrected chi connectivity index (χ4v) is 9.97. The van der Waals surface area contributed by atoms with Gasteiger partial charge in [0.25, 0.3) is 0 Å². The molecule has 0 aromatic heterocycles. The van der Waals surface area contributed by atoms with Crippen LogP contribution in [-0.4, -0.2) is 91.4 Å². The van der Waals surface area contributed by atoms with Crippen LogP contribution in [0.4, 0.5) is 0 Å². The predicted molar refractivity (Wildman–Crippen MR) is 161 cm³/mol. The third kappa shape index (κ3) is 10.5. The normalized spacial score (nSPS) is 21.4. The molecule has 1 aliphatic rings. The van der Waals surface area contributed by atoms with Crippen LogP contribution in [0.2, 0.25) is 0 Å². The second-order valence-electron chi connectivity index (χ2n) is 10.9. The molecule has 0 fully saturated rings. The molecule has 0 saturated heterocycles. The summed E-state index contributed by atoms with van der Waals surface area (Å²) < 4.78 is 24.3. The first kappa shape index (κ1) is 33.2. The van der Waals surface area contributed by atoms with E-state index in [2.05, 4.69) is 65.8 Å².